The fourth-order valence-corrected chi connectivity index (χ4v) is 1.70. The van der Waals surface area contributed by atoms with Crippen molar-refractivity contribution in [1.29, 1.82) is 0 Å². The predicted octanol–water partition coefficient (Wildman–Crippen LogP) is 2.97. The van der Waals surface area contributed by atoms with Crippen LogP contribution in [0.4, 0.5) is 18.9 Å². The quantitative estimate of drug-likeness (QED) is 0.882. The first kappa shape index (κ1) is 14.0. The smallest absolute Gasteiger partial charge is 0.325 e. The molecule has 1 aromatic carbocycles. The summed E-state index contributed by atoms with van der Waals surface area (Å²) in [5, 5.41) is 2.47. The zero-order valence-electron chi connectivity index (χ0n) is 8.81. The lowest BCUT2D eigenvalue weighted by molar-refractivity contribution is -0.149. The minimum atomic E-state index is -4.49. The van der Waals surface area contributed by atoms with Crippen LogP contribution in [0.2, 0.25) is 0 Å². The van der Waals surface area contributed by atoms with Gasteiger partial charge in [-0.05, 0) is 33.6 Å². The molecule has 0 saturated carbocycles. The van der Waals surface area contributed by atoms with Crippen molar-refractivity contribution in [2.75, 3.05) is 5.32 Å². The molecule has 0 aliphatic rings. The van der Waals surface area contributed by atoms with Crippen molar-refractivity contribution >= 4 is 27.5 Å². The van der Waals surface area contributed by atoms with E-state index in [1.165, 1.54) is 25.1 Å². The van der Waals surface area contributed by atoms with Gasteiger partial charge in [0.05, 0.1) is 5.69 Å². The average Bonchev–Trinajstić information content (AvgIpc) is 2.18. The van der Waals surface area contributed by atoms with Crippen molar-refractivity contribution in [2.45, 2.75) is 19.1 Å². The summed E-state index contributed by atoms with van der Waals surface area (Å²) in [5.74, 6) is -0.307. The first-order valence-electron chi connectivity index (χ1n) is 4.61. The molecule has 1 amide bonds. The third kappa shape index (κ3) is 3.71. The minimum Gasteiger partial charge on any atom is -0.325 e. The molecule has 3 nitrogen and oxygen atoms in total. The van der Waals surface area contributed by atoms with Crippen LogP contribution in [0, 0.1) is 0 Å². The fourth-order valence-electron chi connectivity index (χ4n) is 1.20. The van der Waals surface area contributed by atoms with E-state index in [4.69, 9.17) is 5.73 Å². The molecule has 0 bridgehead atoms. The number of nitrogens with two attached hydrogens (primary N) is 1. The Bertz CT molecular complexity index is 434. The van der Waals surface area contributed by atoms with E-state index in [2.05, 4.69) is 21.2 Å². The summed E-state index contributed by atoms with van der Waals surface area (Å²) in [6, 6.07) is 1.80. The Morgan fingerprint density at radius 2 is 2.06 bits per heavy atom. The van der Waals surface area contributed by atoms with Crippen LogP contribution in [-0.2, 0) is 4.79 Å². The summed E-state index contributed by atoms with van der Waals surface area (Å²) < 4.78 is 37.5. The maximum atomic E-state index is 12.4. The lowest BCUT2D eigenvalue weighted by Crippen LogP contribution is -2.28. The second-order valence-electron chi connectivity index (χ2n) is 3.44. The summed E-state index contributed by atoms with van der Waals surface area (Å²) in [6.45, 7) is 1.31. The molecule has 1 atom stereocenters. The molecule has 0 radical (unpaired) electrons. The Morgan fingerprint density at radius 1 is 1.47 bits per heavy atom. The molecule has 94 valence electrons. The molecule has 0 aromatic heterocycles. The van der Waals surface area contributed by atoms with Gasteiger partial charge in [-0.25, -0.2) is 0 Å². The van der Waals surface area contributed by atoms with E-state index in [1.54, 1.807) is 0 Å². The molecule has 17 heavy (non-hydrogen) atoms. The van der Waals surface area contributed by atoms with E-state index in [9.17, 15) is 18.0 Å². The van der Waals surface area contributed by atoms with Crippen LogP contribution >= 0.6 is 15.9 Å². The number of rotatable bonds is 2. The van der Waals surface area contributed by atoms with Gasteiger partial charge < -0.3 is 11.1 Å². The molecule has 0 aliphatic carbocycles. The van der Waals surface area contributed by atoms with Crippen LogP contribution in [0.3, 0.4) is 0 Å². The number of amides is 1. The highest BCUT2D eigenvalue weighted by Gasteiger charge is 2.37. The van der Waals surface area contributed by atoms with E-state index >= 15 is 0 Å². The van der Waals surface area contributed by atoms with Crippen molar-refractivity contribution in [2.24, 2.45) is 5.73 Å². The molecular formula is C10H10BrF3N2O. The van der Waals surface area contributed by atoms with Gasteiger partial charge in [-0.3, -0.25) is 4.79 Å². The normalized spacial score (nSPS) is 13.3. The van der Waals surface area contributed by atoms with Gasteiger partial charge in [-0.15, -0.1) is 0 Å². The van der Waals surface area contributed by atoms with Crippen molar-refractivity contribution in [3.63, 3.8) is 0 Å². The Hall–Kier alpha value is -1.08. The molecular weight excluding hydrogens is 301 g/mol. The number of hydrogen-bond acceptors (Lipinski definition) is 2. The summed E-state index contributed by atoms with van der Waals surface area (Å²) in [6.07, 6.45) is -4.49. The van der Waals surface area contributed by atoms with Gasteiger partial charge in [-0.1, -0.05) is 6.07 Å². The molecule has 1 rings (SSSR count). The molecule has 1 aromatic rings. The number of anilines is 1. The van der Waals surface area contributed by atoms with Gasteiger partial charge in [-0.2, -0.15) is 13.2 Å². The second kappa shape index (κ2) is 5.05. The van der Waals surface area contributed by atoms with E-state index in [0.29, 0.717) is 10.2 Å². The monoisotopic (exact) mass is 310 g/mol. The summed E-state index contributed by atoms with van der Waals surface area (Å²) in [4.78, 5) is 10.8. The third-order valence-electron chi connectivity index (χ3n) is 2.02. The van der Waals surface area contributed by atoms with E-state index < -0.39 is 12.2 Å². The summed E-state index contributed by atoms with van der Waals surface area (Å²) in [5.41, 5.74) is 5.39. The zero-order valence-corrected chi connectivity index (χ0v) is 10.4. The molecule has 0 saturated heterocycles. The lowest BCUT2D eigenvalue weighted by Gasteiger charge is -2.17. The number of hydrogen-bond donors (Lipinski definition) is 2. The van der Waals surface area contributed by atoms with Gasteiger partial charge in [0, 0.05) is 11.4 Å². The molecule has 3 N–H and O–H groups in total. The number of carbonyl (C=O) groups is 1. The van der Waals surface area contributed by atoms with Gasteiger partial charge in [0.2, 0.25) is 5.91 Å². The summed E-state index contributed by atoms with van der Waals surface area (Å²) >= 11 is 3.07. The predicted molar refractivity (Wildman–Crippen MR) is 61.4 cm³/mol. The van der Waals surface area contributed by atoms with Gasteiger partial charge in [0.15, 0.2) is 0 Å². The number of nitrogens with one attached hydrogen (secondary N) is 1. The van der Waals surface area contributed by atoms with Crippen molar-refractivity contribution in [3.05, 3.63) is 28.2 Å². The van der Waals surface area contributed by atoms with E-state index in [-0.39, 0.29) is 11.5 Å². The van der Waals surface area contributed by atoms with Gasteiger partial charge in [0.25, 0.3) is 0 Å². The standard InChI is InChI=1S/C10H10BrF3N2O/c1-5(17)16-8-3-2-6(4-7(8)11)9(15)10(12,13)14/h2-4,9H,15H2,1H3,(H,16,17)/t9-/m0/s1. The number of alkyl halides is 3. The van der Waals surface area contributed by atoms with E-state index in [0.717, 1.165) is 0 Å². The Morgan fingerprint density at radius 3 is 2.47 bits per heavy atom. The van der Waals surface area contributed by atoms with E-state index in [1.807, 2.05) is 0 Å². The summed E-state index contributed by atoms with van der Waals surface area (Å²) in [7, 11) is 0. The number of benzene rings is 1. The Labute approximate surface area is 104 Å². The van der Waals surface area contributed by atoms with Crippen LogP contribution in [0.15, 0.2) is 22.7 Å². The highest BCUT2D eigenvalue weighted by molar-refractivity contribution is 9.10. The number of halogens is 4. The van der Waals surface area contributed by atoms with Crippen LogP contribution in [0.5, 0.6) is 0 Å². The SMILES string of the molecule is CC(=O)Nc1ccc([C@H](N)C(F)(F)F)cc1Br. The highest BCUT2D eigenvalue weighted by atomic mass is 79.9. The fraction of sp³-hybridized carbons (Fsp3) is 0.300. The Kier molecular flexibility index (Phi) is 4.16. The molecule has 0 unspecified atom stereocenters. The van der Waals surface area contributed by atoms with Gasteiger partial charge >= 0.3 is 6.18 Å². The first-order chi connectivity index (χ1) is 7.71. The first-order valence-corrected chi connectivity index (χ1v) is 5.40. The van der Waals surface area contributed by atoms with Crippen LogP contribution < -0.4 is 11.1 Å². The molecule has 0 spiro atoms. The molecule has 0 fully saturated rings. The van der Waals surface area contributed by atoms with Crippen LogP contribution in [0.25, 0.3) is 0 Å². The van der Waals surface area contributed by atoms with Crippen LogP contribution in [0.1, 0.15) is 18.5 Å². The minimum absolute atomic E-state index is 0.0709. The second-order valence-corrected chi connectivity index (χ2v) is 4.29. The molecule has 0 heterocycles. The largest absolute Gasteiger partial charge is 0.407 e. The zero-order chi connectivity index (χ0) is 13.2. The number of carbonyl (C=O) groups excluding carboxylic acids is 1. The van der Waals surface area contributed by atoms with Crippen molar-refractivity contribution < 1.29 is 18.0 Å². The lowest BCUT2D eigenvalue weighted by atomic mass is 10.1. The van der Waals surface area contributed by atoms with Crippen molar-refractivity contribution in [1.82, 2.24) is 0 Å². The topological polar surface area (TPSA) is 55.1 Å². The third-order valence-corrected chi connectivity index (χ3v) is 2.67. The maximum absolute atomic E-state index is 12.4. The highest BCUT2D eigenvalue weighted by Crippen LogP contribution is 2.33. The van der Waals surface area contributed by atoms with Crippen molar-refractivity contribution in [3.8, 4) is 0 Å². The molecule has 0 aliphatic heterocycles. The van der Waals surface area contributed by atoms with Crippen LogP contribution in [-0.4, -0.2) is 12.1 Å². The molecule has 7 heteroatoms. The Balaban J connectivity index is 3.00. The van der Waals surface area contributed by atoms with Gasteiger partial charge in [0.1, 0.15) is 6.04 Å². The maximum Gasteiger partial charge on any atom is 0.407 e. The average molecular weight is 311 g/mol.